The van der Waals surface area contributed by atoms with Gasteiger partial charge in [-0.25, -0.2) is 4.98 Å². The summed E-state index contributed by atoms with van der Waals surface area (Å²) in [6.07, 6.45) is 0. The van der Waals surface area contributed by atoms with Crippen LogP contribution in [0, 0.1) is 0 Å². The van der Waals surface area contributed by atoms with Gasteiger partial charge in [0, 0.05) is 24.5 Å². The zero-order valence-corrected chi connectivity index (χ0v) is 16.5. The molecule has 4 aromatic rings. The van der Waals surface area contributed by atoms with Crippen LogP contribution in [0.3, 0.4) is 0 Å². The summed E-state index contributed by atoms with van der Waals surface area (Å²) in [4.78, 5) is 19.4. The van der Waals surface area contributed by atoms with Gasteiger partial charge in [0.1, 0.15) is 11.6 Å². The summed E-state index contributed by atoms with van der Waals surface area (Å²) in [5, 5.41) is 2.90. The van der Waals surface area contributed by atoms with Crippen molar-refractivity contribution in [1.82, 2.24) is 9.55 Å². The van der Waals surface area contributed by atoms with Crippen molar-refractivity contribution in [3.63, 3.8) is 0 Å². The van der Waals surface area contributed by atoms with E-state index in [4.69, 9.17) is 9.72 Å². The van der Waals surface area contributed by atoms with E-state index < -0.39 is 0 Å². The lowest BCUT2D eigenvalue weighted by Gasteiger charge is -2.29. The maximum Gasteiger partial charge on any atom is 0.262 e. The molecule has 0 spiro atoms. The number of anilines is 2. The monoisotopic (exact) mass is 398 g/mol. The number of aromatic nitrogens is 2. The molecule has 0 saturated heterocycles. The number of para-hydroxylation sites is 2. The minimum atomic E-state index is -0.197. The molecule has 6 nitrogen and oxygen atoms in total. The average molecular weight is 398 g/mol. The first-order chi connectivity index (χ1) is 14.8. The predicted molar refractivity (Wildman–Crippen MR) is 118 cm³/mol. The third kappa shape index (κ3) is 3.72. The summed E-state index contributed by atoms with van der Waals surface area (Å²) in [5.74, 6) is 1.52. The van der Waals surface area contributed by atoms with E-state index in [1.165, 1.54) is 5.69 Å². The van der Waals surface area contributed by atoms with E-state index in [1.807, 2.05) is 54.6 Å². The molecule has 3 aromatic carbocycles. The molecule has 1 aliphatic heterocycles. The molecule has 0 aliphatic carbocycles. The van der Waals surface area contributed by atoms with Gasteiger partial charge in [-0.2, -0.15) is 0 Å². The quantitative estimate of drug-likeness (QED) is 0.550. The zero-order valence-electron chi connectivity index (χ0n) is 16.5. The lowest BCUT2D eigenvalue weighted by Crippen LogP contribution is -2.33. The SMILES string of the molecule is O=C(COc1ccccc1)Nc1ccc2c(c1)nc1n2CCN(c2ccccc2)C1. The minimum absolute atomic E-state index is 0.0340. The minimum Gasteiger partial charge on any atom is -0.484 e. The van der Waals surface area contributed by atoms with Crippen molar-refractivity contribution in [2.45, 2.75) is 13.1 Å². The van der Waals surface area contributed by atoms with Crippen LogP contribution in [0.2, 0.25) is 0 Å². The van der Waals surface area contributed by atoms with Crippen LogP contribution in [-0.2, 0) is 17.9 Å². The van der Waals surface area contributed by atoms with Gasteiger partial charge < -0.3 is 19.5 Å². The van der Waals surface area contributed by atoms with Crippen LogP contribution in [0.5, 0.6) is 5.75 Å². The first kappa shape index (κ1) is 18.2. The van der Waals surface area contributed by atoms with Crippen LogP contribution in [0.4, 0.5) is 11.4 Å². The fraction of sp³-hybridized carbons (Fsp3) is 0.167. The molecule has 30 heavy (non-hydrogen) atoms. The Morgan fingerprint density at radius 1 is 0.967 bits per heavy atom. The van der Waals surface area contributed by atoms with Gasteiger partial charge in [0.25, 0.3) is 5.91 Å². The van der Waals surface area contributed by atoms with E-state index in [2.05, 4.69) is 39.0 Å². The number of benzene rings is 3. The normalized spacial score (nSPS) is 13.1. The molecule has 0 radical (unpaired) electrons. The molecule has 0 bridgehead atoms. The van der Waals surface area contributed by atoms with Crippen molar-refractivity contribution in [3.8, 4) is 5.75 Å². The third-order valence-electron chi connectivity index (χ3n) is 5.27. The number of hydrogen-bond donors (Lipinski definition) is 1. The van der Waals surface area contributed by atoms with Gasteiger partial charge >= 0.3 is 0 Å². The highest BCUT2D eigenvalue weighted by Gasteiger charge is 2.20. The Morgan fingerprint density at radius 3 is 2.53 bits per heavy atom. The second-order valence-electron chi connectivity index (χ2n) is 7.29. The van der Waals surface area contributed by atoms with Gasteiger partial charge in [0.05, 0.1) is 17.6 Å². The summed E-state index contributed by atoms with van der Waals surface area (Å²) in [6.45, 7) is 2.56. The first-order valence-corrected chi connectivity index (χ1v) is 10.0. The molecule has 0 saturated carbocycles. The zero-order chi connectivity index (χ0) is 20.3. The largest absolute Gasteiger partial charge is 0.484 e. The molecule has 150 valence electrons. The van der Waals surface area contributed by atoms with Crippen LogP contribution in [0.1, 0.15) is 5.82 Å². The molecule has 0 unspecified atom stereocenters. The lowest BCUT2D eigenvalue weighted by atomic mass is 10.2. The summed E-state index contributed by atoms with van der Waals surface area (Å²) < 4.78 is 7.77. The number of amides is 1. The molecular formula is C24H22N4O2. The van der Waals surface area contributed by atoms with Crippen LogP contribution in [0.25, 0.3) is 11.0 Å². The van der Waals surface area contributed by atoms with Gasteiger partial charge in [-0.1, -0.05) is 36.4 Å². The molecule has 5 rings (SSSR count). The fourth-order valence-corrected chi connectivity index (χ4v) is 3.82. The summed E-state index contributed by atoms with van der Waals surface area (Å²) in [7, 11) is 0. The number of fused-ring (bicyclic) bond motifs is 3. The van der Waals surface area contributed by atoms with Crippen molar-refractivity contribution >= 4 is 28.3 Å². The molecular weight excluding hydrogens is 376 g/mol. The van der Waals surface area contributed by atoms with E-state index in [-0.39, 0.29) is 12.5 Å². The lowest BCUT2D eigenvalue weighted by molar-refractivity contribution is -0.118. The van der Waals surface area contributed by atoms with E-state index in [0.717, 1.165) is 42.2 Å². The molecule has 1 aromatic heterocycles. The number of nitrogens with zero attached hydrogens (tertiary/aromatic N) is 3. The number of rotatable bonds is 5. The van der Waals surface area contributed by atoms with Gasteiger partial charge in [-0.05, 0) is 42.5 Å². The Labute approximate surface area is 174 Å². The molecule has 6 heteroatoms. The number of carbonyl (C=O) groups excluding carboxylic acids is 1. The summed E-state index contributed by atoms with van der Waals surface area (Å²) in [5.41, 5.74) is 3.92. The number of hydrogen-bond acceptors (Lipinski definition) is 4. The van der Waals surface area contributed by atoms with Crippen LogP contribution >= 0.6 is 0 Å². The van der Waals surface area contributed by atoms with Crippen LogP contribution < -0.4 is 15.0 Å². The highest BCUT2D eigenvalue weighted by molar-refractivity contribution is 5.94. The molecule has 2 heterocycles. The van der Waals surface area contributed by atoms with Crippen molar-refractivity contribution in [2.75, 3.05) is 23.4 Å². The van der Waals surface area contributed by atoms with Gasteiger partial charge in [0.2, 0.25) is 0 Å². The molecule has 1 amide bonds. The second-order valence-corrected chi connectivity index (χ2v) is 7.29. The van der Waals surface area contributed by atoms with E-state index in [0.29, 0.717) is 5.75 Å². The highest BCUT2D eigenvalue weighted by Crippen LogP contribution is 2.26. The molecule has 0 atom stereocenters. The number of ether oxygens (including phenoxy) is 1. The van der Waals surface area contributed by atoms with Gasteiger partial charge in [-0.3, -0.25) is 4.79 Å². The Balaban J connectivity index is 1.29. The third-order valence-corrected chi connectivity index (χ3v) is 5.27. The van der Waals surface area contributed by atoms with E-state index >= 15 is 0 Å². The average Bonchev–Trinajstić information content (AvgIpc) is 3.16. The van der Waals surface area contributed by atoms with Crippen LogP contribution in [-0.4, -0.2) is 28.6 Å². The smallest absolute Gasteiger partial charge is 0.262 e. The van der Waals surface area contributed by atoms with Crippen molar-refractivity contribution < 1.29 is 9.53 Å². The first-order valence-electron chi connectivity index (χ1n) is 10.0. The van der Waals surface area contributed by atoms with E-state index in [9.17, 15) is 4.79 Å². The van der Waals surface area contributed by atoms with Gasteiger partial charge in [0.15, 0.2) is 6.61 Å². The topological polar surface area (TPSA) is 59.4 Å². The van der Waals surface area contributed by atoms with E-state index in [1.54, 1.807) is 0 Å². The number of nitrogens with one attached hydrogen (secondary N) is 1. The molecule has 1 aliphatic rings. The second kappa shape index (κ2) is 7.91. The van der Waals surface area contributed by atoms with Crippen molar-refractivity contribution in [2.24, 2.45) is 0 Å². The molecule has 0 fully saturated rings. The van der Waals surface area contributed by atoms with Crippen LogP contribution in [0.15, 0.2) is 78.9 Å². The molecule has 1 N–H and O–H groups in total. The Bertz CT molecular complexity index is 1170. The maximum absolute atomic E-state index is 12.2. The Morgan fingerprint density at radius 2 is 1.73 bits per heavy atom. The Hall–Kier alpha value is -3.80. The highest BCUT2D eigenvalue weighted by atomic mass is 16.5. The van der Waals surface area contributed by atoms with Gasteiger partial charge in [-0.15, -0.1) is 0 Å². The summed E-state index contributed by atoms with van der Waals surface area (Å²) >= 11 is 0. The van der Waals surface area contributed by atoms with Crippen molar-refractivity contribution in [1.29, 1.82) is 0 Å². The van der Waals surface area contributed by atoms with Crippen molar-refractivity contribution in [3.05, 3.63) is 84.7 Å². The maximum atomic E-state index is 12.2. The number of carbonyl (C=O) groups is 1. The standard InChI is InChI=1S/C24H22N4O2/c29-24(17-30-20-9-5-2-6-10-20)25-18-11-12-22-21(15-18)26-23-16-27(13-14-28(22)23)19-7-3-1-4-8-19/h1-12,15H,13-14,16-17H2,(H,25,29). The Kier molecular flexibility index (Phi) is 4.81. The summed E-state index contributed by atoms with van der Waals surface area (Å²) in [6, 6.07) is 25.6. The predicted octanol–water partition coefficient (Wildman–Crippen LogP) is 4.07. The fourth-order valence-electron chi connectivity index (χ4n) is 3.82. The number of imidazole rings is 1.